The first kappa shape index (κ1) is 9.36. The van der Waals surface area contributed by atoms with E-state index in [-0.39, 0.29) is 6.04 Å². The molecule has 66 valence electrons. The molecule has 1 aromatic carbocycles. The van der Waals surface area contributed by atoms with Gasteiger partial charge >= 0.3 is 0 Å². The van der Waals surface area contributed by atoms with Gasteiger partial charge in [-0.05, 0) is 31.7 Å². The molecule has 3 N–H and O–H groups in total. The van der Waals surface area contributed by atoms with Gasteiger partial charge in [-0.25, -0.2) is 0 Å². The van der Waals surface area contributed by atoms with Crippen molar-refractivity contribution in [3.63, 3.8) is 0 Å². The maximum Gasteiger partial charge on any atom is 0.0426 e. The van der Waals surface area contributed by atoms with Crippen molar-refractivity contribution in [2.75, 3.05) is 12.8 Å². The zero-order valence-corrected chi connectivity index (χ0v) is 8.02. The molecule has 0 aliphatic rings. The van der Waals surface area contributed by atoms with Crippen molar-refractivity contribution in [2.24, 2.45) is 0 Å². The molecule has 3 heteroatoms. The summed E-state index contributed by atoms with van der Waals surface area (Å²) in [6, 6.07) is 5.83. The third kappa shape index (κ3) is 1.90. The lowest BCUT2D eigenvalue weighted by atomic mass is 10.1. The van der Waals surface area contributed by atoms with Crippen LogP contribution in [0.25, 0.3) is 0 Å². The van der Waals surface area contributed by atoms with Gasteiger partial charge in [0.15, 0.2) is 0 Å². The zero-order valence-electron chi connectivity index (χ0n) is 7.26. The van der Waals surface area contributed by atoms with Crippen LogP contribution in [0.2, 0.25) is 5.02 Å². The van der Waals surface area contributed by atoms with Gasteiger partial charge in [0.25, 0.3) is 0 Å². The minimum absolute atomic E-state index is 0.266. The Labute approximate surface area is 77.7 Å². The third-order valence-electron chi connectivity index (χ3n) is 1.95. The molecule has 0 saturated carbocycles. The van der Waals surface area contributed by atoms with Crippen LogP contribution >= 0.6 is 11.6 Å². The minimum atomic E-state index is 0.266. The van der Waals surface area contributed by atoms with Gasteiger partial charge in [-0.15, -0.1) is 0 Å². The fourth-order valence-corrected chi connectivity index (χ4v) is 1.28. The van der Waals surface area contributed by atoms with Crippen molar-refractivity contribution in [1.82, 2.24) is 5.32 Å². The largest absolute Gasteiger partial charge is 0.398 e. The zero-order chi connectivity index (χ0) is 9.14. The number of anilines is 1. The van der Waals surface area contributed by atoms with E-state index >= 15 is 0 Å². The summed E-state index contributed by atoms with van der Waals surface area (Å²) in [6.45, 7) is 2.06. The van der Waals surface area contributed by atoms with Crippen molar-refractivity contribution >= 4 is 17.3 Å². The molecular weight excluding hydrogens is 172 g/mol. The number of nitrogen functional groups attached to an aromatic ring is 1. The van der Waals surface area contributed by atoms with Crippen LogP contribution in [0.3, 0.4) is 0 Å². The molecule has 1 unspecified atom stereocenters. The summed E-state index contributed by atoms with van der Waals surface area (Å²) in [5.74, 6) is 0. The Morgan fingerprint density at radius 3 is 2.67 bits per heavy atom. The molecule has 1 rings (SSSR count). The Morgan fingerprint density at radius 2 is 2.17 bits per heavy atom. The SMILES string of the molecule is CNC(C)c1ccc(Cl)cc1N. The van der Waals surface area contributed by atoms with E-state index in [1.165, 1.54) is 0 Å². The van der Waals surface area contributed by atoms with Crippen LogP contribution in [-0.2, 0) is 0 Å². The van der Waals surface area contributed by atoms with Gasteiger partial charge in [0.1, 0.15) is 0 Å². The summed E-state index contributed by atoms with van der Waals surface area (Å²) < 4.78 is 0. The van der Waals surface area contributed by atoms with E-state index in [9.17, 15) is 0 Å². The molecule has 0 saturated heterocycles. The van der Waals surface area contributed by atoms with E-state index < -0.39 is 0 Å². The Morgan fingerprint density at radius 1 is 1.50 bits per heavy atom. The second-order valence-corrected chi connectivity index (χ2v) is 3.22. The van der Waals surface area contributed by atoms with Gasteiger partial charge < -0.3 is 11.1 Å². The van der Waals surface area contributed by atoms with E-state index in [2.05, 4.69) is 12.2 Å². The predicted octanol–water partition coefficient (Wildman–Crippen LogP) is 2.20. The molecule has 0 radical (unpaired) electrons. The molecule has 0 heterocycles. The topological polar surface area (TPSA) is 38.0 Å². The van der Waals surface area contributed by atoms with Gasteiger partial charge in [0.2, 0.25) is 0 Å². The summed E-state index contributed by atoms with van der Waals surface area (Å²) in [7, 11) is 1.90. The number of rotatable bonds is 2. The Hall–Kier alpha value is -0.730. The molecule has 1 aromatic rings. The van der Waals surface area contributed by atoms with Crippen molar-refractivity contribution in [3.05, 3.63) is 28.8 Å². The molecule has 1 atom stereocenters. The Balaban J connectivity index is 3.01. The van der Waals surface area contributed by atoms with Gasteiger partial charge in [-0.1, -0.05) is 17.7 Å². The van der Waals surface area contributed by atoms with Gasteiger partial charge in [0, 0.05) is 16.8 Å². The van der Waals surface area contributed by atoms with E-state index in [1.807, 2.05) is 19.2 Å². The first-order chi connectivity index (χ1) is 5.65. The number of hydrogen-bond donors (Lipinski definition) is 2. The van der Waals surface area contributed by atoms with E-state index in [1.54, 1.807) is 6.07 Å². The molecule has 2 nitrogen and oxygen atoms in total. The van der Waals surface area contributed by atoms with Crippen LogP contribution in [0.5, 0.6) is 0 Å². The molecular formula is C9H13ClN2. The van der Waals surface area contributed by atoms with Crippen LogP contribution < -0.4 is 11.1 Å². The van der Waals surface area contributed by atoms with Crippen LogP contribution in [-0.4, -0.2) is 7.05 Å². The number of nitrogens with two attached hydrogens (primary N) is 1. The summed E-state index contributed by atoms with van der Waals surface area (Å²) in [5, 5.41) is 3.80. The predicted molar refractivity (Wildman–Crippen MR) is 53.3 cm³/mol. The van der Waals surface area contributed by atoms with Crippen molar-refractivity contribution in [3.8, 4) is 0 Å². The normalized spacial score (nSPS) is 12.9. The second kappa shape index (κ2) is 3.78. The highest BCUT2D eigenvalue weighted by atomic mass is 35.5. The van der Waals surface area contributed by atoms with Crippen LogP contribution in [0, 0.1) is 0 Å². The van der Waals surface area contributed by atoms with Crippen LogP contribution in [0.1, 0.15) is 18.5 Å². The lowest BCUT2D eigenvalue weighted by molar-refractivity contribution is 0.654. The Bertz CT molecular complexity index is 273. The first-order valence-electron chi connectivity index (χ1n) is 3.87. The highest BCUT2D eigenvalue weighted by Gasteiger charge is 2.05. The summed E-state index contributed by atoms with van der Waals surface area (Å²) in [5.41, 5.74) is 7.60. The third-order valence-corrected chi connectivity index (χ3v) is 2.18. The van der Waals surface area contributed by atoms with Gasteiger partial charge in [0.05, 0.1) is 0 Å². The highest BCUT2D eigenvalue weighted by Crippen LogP contribution is 2.23. The fourth-order valence-electron chi connectivity index (χ4n) is 1.10. The van der Waals surface area contributed by atoms with E-state index in [4.69, 9.17) is 17.3 Å². The molecule has 0 spiro atoms. The quantitative estimate of drug-likeness (QED) is 0.692. The standard InChI is InChI=1S/C9H13ClN2/c1-6(12-2)8-4-3-7(10)5-9(8)11/h3-6,12H,11H2,1-2H3. The minimum Gasteiger partial charge on any atom is -0.398 e. The van der Waals surface area contributed by atoms with E-state index in [0.29, 0.717) is 5.02 Å². The highest BCUT2D eigenvalue weighted by molar-refractivity contribution is 6.30. The van der Waals surface area contributed by atoms with Crippen LogP contribution in [0.4, 0.5) is 5.69 Å². The van der Waals surface area contributed by atoms with Crippen molar-refractivity contribution in [2.45, 2.75) is 13.0 Å². The summed E-state index contributed by atoms with van der Waals surface area (Å²) in [4.78, 5) is 0. The maximum atomic E-state index is 5.77. The Kier molecular flexibility index (Phi) is 2.95. The monoisotopic (exact) mass is 184 g/mol. The average Bonchev–Trinajstić information content (AvgIpc) is 2.03. The number of hydrogen-bond acceptors (Lipinski definition) is 2. The lowest BCUT2D eigenvalue weighted by Gasteiger charge is -2.13. The molecule has 0 amide bonds. The van der Waals surface area contributed by atoms with Crippen LogP contribution in [0.15, 0.2) is 18.2 Å². The van der Waals surface area contributed by atoms with Gasteiger partial charge in [-0.2, -0.15) is 0 Å². The number of nitrogens with one attached hydrogen (secondary N) is 1. The smallest absolute Gasteiger partial charge is 0.0426 e. The van der Waals surface area contributed by atoms with Gasteiger partial charge in [-0.3, -0.25) is 0 Å². The summed E-state index contributed by atoms with van der Waals surface area (Å²) in [6.07, 6.45) is 0. The van der Waals surface area contributed by atoms with Crippen molar-refractivity contribution < 1.29 is 0 Å². The van der Waals surface area contributed by atoms with E-state index in [0.717, 1.165) is 11.3 Å². The first-order valence-corrected chi connectivity index (χ1v) is 4.25. The lowest BCUT2D eigenvalue weighted by Crippen LogP contribution is -2.13. The molecule has 0 fully saturated rings. The molecule has 12 heavy (non-hydrogen) atoms. The fraction of sp³-hybridized carbons (Fsp3) is 0.333. The molecule has 0 aromatic heterocycles. The number of benzene rings is 1. The molecule has 0 aliphatic carbocycles. The molecule has 0 bridgehead atoms. The van der Waals surface area contributed by atoms with Crippen molar-refractivity contribution in [1.29, 1.82) is 0 Å². The number of halogens is 1. The molecule has 0 aliphatic heterocycles. The second-order valence-electron chi connectivity index (χ2n) is 2.78. The maximum absolute atomic E-state index is 5.77. The summed E-state index contributed by atoms with van der Waals surface area (Å²) >= 11 is 5.76. The average molecular weight is 185 g/mol.